The first-order chi connectivity index (χ1) is 6.72. The fraction of sp³-hybridized carbons (Fsp3) is 0.750. The van der Waals surface area contributed by atoms with E-state index in [0.29, 0.717) is 5.82 Å². The number of hydrogen-bond donors (Lipinski definition) is 0. The van der Waals surface area contributed by atoms with Gasteiger partial charge in [0.05, 0.1) is 0 Å². The number of aromatic nitrogens is 2. The highest BCUT2D eigenvalue weighted by atomic mass is 32.1. The summed E-state index contributed by atoms with van der Waals surface area (Å²) in [7, 11) is 0. The second-order valence-corrected chi connectivity index (χ2v) is 3.53. The van der Waals surface area contributed by atoms with Crippen LogP contribution < -0.4 is 4.74 Å². The van der Waals surface area contributed by atoms with E-state index in [1.807, 2.05) is 0 Å². The number of halogens is 2. The molecule has 0 fully saturated rings. The maximum absolute atomic E-state index is 11.8. The van der Waals surface area contributed by atoms with Crippen LogP contribution in [0, 0.1) is 0 Å². The monoisotopic (exact) mass is 222 g/mol. The molecule has 0 amide bonds. The average Bonchev–Trinajstić information content (AvgIpc) is 2.52. The Labute approximate surface area is 85.3 Å². The summed E-state index contributed by atoms with van der Waals surface area (Å²) in [5, 5.41) is -0.0495. The van der Waals surface area contributed by atoms with Gasteiger partial charge in [-0.2, -0.15) is 18.1 Å². The number of ether oxygens (including phenoxy) is 1. The fourth-order valence-corrected chi connectivity index (χ4v) is 1.57. The van der Waals surface area contributed by atoms with E-state index < -0.39 is 6.61 Å². The molecule has 1 aromatic rings. The van der Waals surface area contributed by atoms with Crippen LogP contribution in [0.25, 0.3) is 0 Å². The lowest BCUT2D eigenvalue weighted by Crippen LogP contribution is -2.01. The van der Waals surface area contributed by atoms with Gasteiger partial charge in [0.25, 0.3) is 5.19 Å². The molecule has 14 heavy (non-hydrogen) atoms. The van der Waals surface area contributed by atoms with Crippen molar-refractivity contribution in [2.45, 2.75) is 39.2 Å². The Morgan fingerprint density at radius 1 is 1.43 bits per heavy atom. The van der Waals surface area contributed by atoms with Crippen LogP contribution >= 0.6 is 11.5 Å². The highest BCUT2D eigenvalue weighted by Crippen LogP contribution is 2.17. The largest absolute Gasteiger partial charge is 0.407 e. The Kier molecular flexibility index (Phi) is 4.72. The van der Waals surface area contributed by atoms with Crippen molar-refractivity contribution in [1.82, 2.24) is 9.36 Å². The van der Waals surface area contributed by atoms with Crippen molar-refractivity contribution in [3.8, 4) is 5.19 Å². The van der Waals surface area contributed by atoms with Gasteiger partial charge in [-0.1, -0.05) is 19.8 Å². The molecule has 3 nitrogen and oxygen atoms in total. The molecular weight excluding hydrogens is 210 g/mol. The molecule has 80 valence electrons. The van der Waals surface area contributed by atoms with Crippen LogP contribution in [-0.2, 0) is 6.42 Å². The lowest BCUT2D eigenvalue weighted by molar-refractivity contribution is -0.0500. The summed E-state index contributed by atoms with van der Waals surface area (Å²) >= 11 is 0.873. The van der Waals surface area contributed by atoms with Crippen LogP contribution in [-0.4, -0.2) is 16.0 Å². The van der Waals surface area contributed by atoms with E-state index in [1.54, 1.807) is 0 Å². The topological polar surface area (TPSA) is 35.0 Å². The van der Waals surface area contributed by atoms with Crippen LogP contribution in [0.3, 0.4) is 0 Å². The third kappa shape index (κ3) is 3.95. The van der Waals surface area contributed by atoms with Gasteiger partial charge in [-0.15, -0.1) is 0 Å². The molecular formula is C8H12F2N2OS. The van der Waals surface area contributed by atoms with E-state index in [9.17, 15) is 8.78 Å². The van der Waals surface area contributed by atoms with Gasteiger partial charge in [0, 0.05) is 18.0 Å². The number of rotatable bonds is 6. The second kappa shape index (κ2) is 5.85. The molecule has 0 unspecified atom stereocenters. The fourth-order valence-electron chi connectivity index (χ4n) is 0.997. The van der Waals surface area contributed by atoms with Crippen LogP contribution in [0.5, 0.6) is 5.19 Å². The van der Waals surface area contributed by atoms with Crippen LogP contribution in [0.2, 0.25) is 0 Å². The molecule has 0 bridgehead atoms. The summed E-state index contributed by atoms with van der Waals surface area (Å²) in [5.74, 6) is 0.596. The molecule has 0 aromatic carbocycles. The lowest BCUT2D eigenvalue weighted by atomic mass is 10.2. The molecule has 0 aliphatic carbocycles. The van der Waals surface area contributed by atoms with Crippen molar-refractivity contribution in [3.63, 3.8) is 0 Å². The summed E-state index contributed by atoms with van der Waals surface area (Å²) in [6, 6.07) is 0. The van der Waals surface area contributed by atoms with Crippen LogP contribution in [0.4, 0.5) is 8.78 Å². The maximum Gasteiger partial charge on any atom is 0.389 e. The van der Waals surface area contributed by atoms with Gasteiger partial charge < -0.3 is 4.74 Å². The number of unbranched alkanes of at least 4 members (excludes halogenated alkanes) is 2. The van der Waals surface area contributed by atoms with Gasteiger partial charge in [0.15, 0.2) is 0 Å². The average molecular weight is 222 g/mol. The van der Waals surface area contributed by atoms with Gasteiger partial charge in [-0.3, -0.25) is 0 Å². The quantitative estimate of drug-likeness (QED) is 0.694. The van der Waals surface area contributed by atoms with E-state index in [4.69, 9.17) is 0 Å². The third-order valence-corrected chi connectivity index (χ3v) is 2.29. The summed E-state index contributed by atoms with van der Waals surface area (Å²) < 4.78 is 31.5. The summed E-state index contributed by atoms with van der Waals surface area (Å²) in [4.78, 5) is 3.83. The maximum atomic E-state index is 11.8. The predicted molar refractivity (Wildman–Crippen MR) is 49.8 cm³/mol. The SMILES string of the molecule is CCCCCc1nsc(OC(F)F)n1. The number of alkyl halides is 2. The van der Waals surface area contributed by atoms with Crippen molar-refractivity contribution in [3.05, 3.63) is 5.82 Å². The Bertz CT molecular complexity index is 268. The number of aryl methyl sites for hydroxylation is 1. The summed E-state index contributed by atoms with van der Waals surface area (Å²) in [6.45, 7) is -0.716. The zero-order valence-electron chi connectivity index (χ0n) is 7.87. The molecule has 0 saturated carbocycles. The van der Waals surface area contributed by atoms with Gasteiger partial charge in [0.1, 0.15) is 5.82 Å². The minimum absolute atomic E-state index is 0.0495. The normalized spacial score (nSPS) is 10.9. The Balaban J connectivity index is 2.35. The van der Waals surface area contributed by atoms with Crippen molar-refractivity contribution >= 4 is 11.5 Å². The molecule has 0 spiro atoms. The minimum atomic E-state index is -2.81. The predicted octanol–water partition coefficient (Wildman–Crippen LogP) is 2.87. The second-order valence-electron chi connectivity index (χ2n) is 2.81. The van der Waals surface area contributed by atoms with E-state index in [2.05, 4.69) is 21.0 Å². The van der Waals surface area contributed by atoms with Gasteiger partial charge in [-0.05, 0) is 6.42 Å². The van der Waals surface area contributed by atoms with Crippen molar-refractivity contribution in [2.75, 3.05) is 0 Å². The highest BCUT2D eigenvalue weighted by Gasteiger charge is 2.09. The molecule has 0 aliphatic rings. The molecule has 0 atom stereocenters. The number of hydrogen-bond acceptors (Lipinski definition) is 4. The smallest absolute Gasteiger partial charge is 0.389 e. The summed E-state index contributed by atoms with van der Waals surface area (Å²) in [5.41, 5.74) is 0. The Hall–Kier alpha value is -0.780. The van der Waals surface area contributed by atoms with E-state index in [0.717, 1.165) is 37.2 Å². The van der Waals surface area contributed by atoms with Gasteiger partial charge in [0.2, 0.25) is 0 Å². The van der Waals surface area contributed by atoms with Crippen molar-refractivity contribution in [2.24, 2.45) is 0 Å². The third-order valence-electron chi connectivity index (χ3n) is 1.64. The first-order valence-corrected chi connectivity index (χ1v) is 5.27. The zero-order chi connectivity index (χ0) is 10.4. The van der Waals surface area contributed by atoms with E-state index in [1.165, 1.54) is 0 Å². The molecule has 1 rings (SSSR count). The number of nitrogens with zero attached hydrogens (tertiary/aromatic N) is 2. The first-order valence-electron chi connectivity index (χ1n) is 4.49. The van der Waals surface area contributed by atoms with E-state index >= 15 is 0 Å². The molecule has 0 aliphatic heterocycles. The Morgan fingerprint density at radius 2 is 2.21 bits per heavy atom. The van der Waals surface area contributed by atoms with Crippen molar-refractivity contribution < 1.29 is 13.5 Å². The van der Waals surface area contributed by atoms with Gasteiger partial charge in [-0.25, -0.2) is 0 Å². The first kappa shape index (κ1) is 11.3. The van der Waals surface area contributed by atoms with Crippen LogP contribution in [0.15, 0.2) is 0 Å². The molecule has 0 N–H and O–H groups in total. The molecule has 1 aromatic heterocycles. The Morgan fingerprint density at radius 3 is 2.86 bits per heavy atom. The molecule has 0 radical (unpaired) electrons. The standard InChI is InChI=1S/C8H12F2N2OS/c1-2-3-4-5-6-11-8(14-12-6)13-7(9)10/h7H,2-5H2,1H3. The lowest BCUT2D eigenvalue weighted by Gasteiger charge is -1.96. The van der Waals surface area contributed by atoms with E-state index in [-0.39, 0.29) is 5.19 Å². The molecule has 1 heterocycles. The summed E-state index contributed by atoms with van der Waals surface area (Å²) in [6.07, 6.45) is 3.94. The van der Waals surface area contributed by atoms with Crippen molar-refractivity contribution in [1.29, 1.82) is 0 Å². The van der Waals surface area contributed by atoms with Gasteiger partial charge >= 0.3 is 6.61 Å². The highest BCUT2D eigenvalue weighted by molar-refractivity contribution is 7.07. The minimum Gasteiger partial charge on any atom is -0.407 e. The van der Waals surface area contributed by atoms with Crippen LogP contribution in [0.1, 0.15) is 32.0 Å². The molecule has 0 saturated heterocycles. The zero-order valence-corrected chi connectivity index (χ0v) is 8.69. The molecule has 6 heteroatoms.